The second kappa shape index (κ2) is 9.38. The molecule has 144 valence electrons. The average Bonchev–Trinajstić information content (AvgIpc) is 2.72. The van der Waals surface area contributed by atoms with Gasteiger partial charge in [0.2, 0.25) is 5.91 Å². The highest BCUT2D eigenvalue weighted by Crippen LogP contribution is 2.36. The molecule has 0 unspecified atom stereocenters. The van der Waals surface area contributed by atoms with Gasteiger partial charge in [-0.1, -0.05) is 60.1 Å². The van der Waals surface area contributed by atoms with Crippen LogP contribution in [-0.2, 0) is 17.6 Å². The Hall–Kier alpha value is -1.84. The summed E-state index contributed by atoms with van der Waals surface area (Å²) in [5.41, 5.74) is 2.27. The van der Waals surface area contributed by atoms with E-state index in [1.807, 2.05) is 35.2 Å². The van der Waals surface area contributed by atoms with E-state index in [4.69, 9.17) is 11.6 Å². The molecule has 0 atom stereocenters. The molecule has 1 aliphatic heterocycles. The van der Waals surface area contributed by atoms with Gasteiger partial charge in [0.05, 0.1) is 0 Å². The third-order valence-electron chi connectivity index (χ3n) is 5.87. The van der Waals surface area contributed by atoms with Crippen molar-refractivity contribution in [3.8, 4) is 0 Å². The molecule has 1 fully saturated rings. The number of nitrogens with zero attached hydrogens (tertiary/aromatic N) is 1. The Morgan fingerprint density at radius 3 is 2.33 bits per heavy atom. The fourth-order valence-electron chi connectivity index (χ4n) is 3.87. The summed E-state index contributed by atoms with van der Waals surface area (Å²) >= 11 is 6.18. The monoisotopic (exact) mass is 385 g/mol. The molecule has 0 spiro atoms. The molecule has 0 radical (unpaired) electrons. The van der Waals surface area contributed by atoms with Gasteiger partial charge in [-0.2, -0.15) is 0 Å². The maximum absolute atomic E-state index is 12.6. The number of aliphatic hydroxyl groups is 1. The molecule has 3 rings (SSSR count). The molecule has 1 amide bonds. The Morgan fingerprint density at radius 2 is 1.67 bits per heavy atom. The second-order valence-corrected chi connectivity index (χ2v) is 8.02. The lowest BCUT2D eigenvalue weighted by Gasteiger charge is -2.41. The maximum Gasteiger partial charge on any atom is 0.222 e. The molecule has 1 N–H and O–H groups in total. The fourth-order valence-corrected chi connectivity index (χ4v) is 4.10. The highest BCUT2D eigenvalue weighted by molar-refractivity contribution is 6.31. The fraction of sp³-hybridized carbons (Fsp3) is 0.435. The van der Waals surface area contributed by atoms with Crippen molar-refractivity contribution in [2.45, 2.75) is 38.5 Å². The zero-order valence-corrected chi connectivity index (χ0v) is 16.5. The van der Waals surface area contributed by atoms with Crippen LogP contribution < -0.4 is 0 Å². The van der Waals surface area contributed by atoms with Gasteiger partial charge in [-0.15, -0.1) is 0 Å². The minimum Gasteiger partial charge on any atom is -0.396 e. The van der Waals surface area contributed by atoms with Crippen LogP contribution in [0.5, 0.6) is 0 Å². The van der Waals surface area contributed by atoms with Gasteiger partial charge in [-0.3, -0.25) is 4.79 Å². The van der Waals surface area contributed by atoms with Crippen LogP contribution in [-0.4, -0.2) is 35.6 Å². The molecule has 1 saturated heterocycles. The minimum absolute atomic E-state index is 0.0602. The summed E-state index contributed by atoms with van der Waals surface area (Å²) in [6.45, 7) is 1.66. The van der Waals surface area contributed by atoms with Gasteiger partial charge in [0.25, 0.3) is 0 Å². The smallest absolute Gasteiger partial charge is 0.222 e. The lowest BCUT2D eigenvalue weighted by molar-refractivity contribution is -0.134. The van der Waals surface area contributed by atoms with Gasteiger partial charge >= 0.3 is 0 Å². The number of likely N-dealkylation sites (tertiary alicyclic amines) is 1. The van der Waals surface area contributed by atoms with Crippen molar-refractivity contribution in [3.63, 3.8) is 0 Å². The van der Waals surface area contributed by atoms with E-state index in [1.54, 1.807) is 0 Å². The number of aryl methyl sites for hydroxylation is 2. The van der Waals surface area contributed by atoms with Crippen LogP contribution in [0.15, 0.2) is 54.6 Å². The van der Waals surface area contributed by atoms with Crippen molar-refractivity contribution in [2.24, 2.45) is 5.41 Å². The molecule has 0 aliphatic carbocycles. The van der Waals surface area contributed by atoms with Crippen molar-refractivity contribution in [1.29, 1.82) is 0 Å². The summed E-state index contributed by atoms with van der Waals surface area (Å²) in [5, 5.41) is 10.7. The lowest BCUT2D eigenvalue weighted by Crippen LogP contribution is -2.45. The number of carbonyl (C=O) groups excluding carboxylic acids is 1. The first kappa shape index (κ1) is 19.9. The topological polar surface area (TPSA) is 40.5 Å². The third-order valence-corrected chi connectivity index (χ3v) is 6.23. The Bertz CT molecular complexity index is 739. The summed E-state index contributed by atoms with van der Waals surface area (Å²) in [6.07, 6.45) is 4.84. The number of hydrogen-bond donors (Lipinski definition) is 1. The molecular weight excluding hydrogens is 358 g/mol. The van der Waals surface area contributed by atoms with Crippen LogP contribution in [0.3, 0.4) is 0 Å². The number of benzene rings is 2. The Labute approximate surface area is 167 Å². The molecule has 1 heterocycles. The average molecular weight is 386 g/mol. The number of amides is 1. The summed E-state index contributed by atoms with van der Waals surface area (Å²) in [5.74, 6) is 0.185. The molecule has 2 aromatic carbocycles. The number of carbonyl (C=O) groups is 1. The predicted octanol–water partition coefficient (Wildman–Crippen LogP) is 4.51. The van der Waals surface area contributed by atoms with Crippen molar-refractivity contribution in [2.75, 3.05) is 19.7 Å². The first-order chi connectivity index (χ1) is 13.1. The van der Waals surface area contributed by atoms with Gasteiger partial charge < -0.3 is 10.0 Å². The van der Waals surface area contributed by atoms with E-state index in [9.17, 15) is 9.90 Å². The summed E-state index contributed by atoms with van der Waals surface area (Å²) in [6, 6.07) is 18.1. The molecule has 0 bridgehead atoms. The van der Waals surface area contributed by atoms with Crippen LogP contribution in [0.1, 0.15) is 36.8 Å². The van der Waals surface area contributed by atoms with Crippen LogP contribution in [0.2, 0.25) is 5.02 Å². The Balaban J connectivity index is 1.49. The first-order valence-corrected chi connectivity index (χ1v) is 10.2. The van der Waals surface area contributed by atoms with Crippen LogP contribution in [0.4, 0.5) is 0 Å². The summed E-state index contributed by atoms with van der Waals surface area (Å²) < 4.78 is 0. The molecule has 2 aromatic rings. The number of aliphatic hydroxyl groups excluding tert-OH is 1. The third kappa shape index (κ3) is 5.33. The van der Waals surface area contributed by atoms with E-state index in [2.05, 4.69) is 24.3 Å². The number of rotatable bonds is 7. The van der Waals surface area contributed by atoms with E-state index in [-0.39, 0.29) is 17.9 Å². The van der Waals surface area contributed by atoms with Gasteiger partial charge in [0, 0.05) is 31.1 Å². The van der Waals surface area contributed by atoms with Crippen LogP contribution in [0, 0.1) is 5.41 Å². The van der Waals surface area contributed by atoms with Gasteiger partial charge in [-0.05, 0) is 54.7 Å². The van der Waals surface area contributed by atoms with Gasteiger partial charge in [0.1, 0.15) is 0 Å². The number of halogens is 1. The van der Waals surface area contributed by atoms with Crippen molar-refractivity contribution >= 4 is 17.5 Å². The van der Waals surface area contributed by atoms with E-state index in [0.29, 0.717) is 12.8 Å². The predicted molar refractivity (Wildman–Crippen MR) is 110 cm³/mol. The van der Waals surface area contributed by atoms with Crippen LogP contribution >= 0.6 is 11.6 Å². The number of hydrogen-bond acceptors (Lipinski definition) is 2. The molecule has 4 heteroatoms. The SMILES string of the molecule is O=C(CCc1ccccc1Cl)N1CCC(CO)(CCc2ccccc2)CC1. The minimum atomic E-state index is -0.0602. The standard InChI is InChI=1S/C23H28ClNO2/c24-21-9-5-4-8-20(21)10-11-22(27)25-16-14-23(18-26,15-17-25)13-12-19-6-2-1-3-7-19/h1-9,26H,10-18H2. The molecule has 3 nitrogen and oxygen atoms in total. The molecular formula is C23H28ClNO2. The first-order valence-electron chi connectivity index (χ1n) is 9.78. The van der Waals surface area contributed by atoms with E-state index < -0.39 is 0 Å². The molecule has 27 heavy (non-hydrogen) atoms. The zero-order valence-electron chi connectivity index (χ0n) is 15.7. The quantitative estimate of drug-likeness (QED) is 0.761. The molecule has 0 aromatic heterocycles. The zero-order chi connectivity index (χ0) is 19.1. The van der Waals surface area contributed by atoms with E-state index >= 15 is 0 Å². The maximum atomic E-state index is 12.6. The summed E-state index contributed by atoms with van der Waals surface area (Å²) in [7, 11) is 0. The van der Waals surface area contributed by atoms with Crippen LogP contribution in [0.25, 0.3) is 0 Å². The molecule has 1 aliphatic rings. The highest BCUT2D eigenvalue weighted by atomic mass is 35.5. The highest BCUT2D eigenvalue weighted by Gasteiger charge is 2.34. The van der Waals surface area contributed by atoms with Crippen molar-refractivity contribution < 1.29 is 9.90 Å². The lowest BCUT2D eigenvalue weighted by atomic mass is 9.75. The van der Waals surface area contributed by atoms with Crippen molar-refractivity contribution in [3.05, 3.63) is 70.7 Å². The van der Waals surface area contributed by atoms with Gasteiger partial charge in [0.15, 0.2) is 0 Å². The Kier molecular flexibility index (Phi) is 6.92. The Morgan fingerprint density at radius 1 is 1.00 bits per heavy atom. The summed E-state index contributed by atoms with van der Waals surface area (Å²) in [4.78, 5) is 14.5. The van der Waals surface area contributed by atoms with Gasteiger partial charge in [-0.25, -0.2) is 0 Å². The largest absolute Gasteiger partial charge is 0.396 e. The normalized spacial score (nSPS) is 16.3. The van der Waals surface area contributed by atoms with Crippen molar-refractivity contribution in [1.82, 2.24) is 4.90 Å². The number of piperidine rings is 1. The second-order valence-electron chi connectivity index (χ2n) is 7.62. The molecule has 0 saturated carbocycles. The van der Waals surface area contributed by atoms with E-state index in [1.165, 1.54) is 5.56 Å². The van der Waals surface area contributed by atoms with E-state index in [0.717, 1.165) is 49.4 Å².